The van der Waals surface area contributed by atoms with E-state index in [2.05, 4.69) is 50.3 Å². The van der Waals surface area contributed by atoms with Crippen molar-refractivity contribution >= 4 is 49.2 Å². The highest BCUT2D eigenvalue weighted by molar-refractivity contribution is 9.10. The highest BCUT2D eigenvalue weighted by Crippen LogP contribution is 2.28. The molecular weight excluding hydrogens is 430 g/mol. The quantitative estimate of drug-likeness (QED) is 0.589. The molecule has 0 radical (unpaired) electrons. The van der Waals surface area contributed by atoms with Crippen LogP contribution < -0.4 is 10.9 Å². The van der Waals surface area contributed by atoms with E-state index in [1.54, 1.807) is 12.1 Å². The highest BCUT2D eigenvalue weighted by Gasteiger charge is 2.15. The van der Waals surface area contributed by atoms with Crippen LogP contribution in [0.5, 0.6) is 0 Å². The Hall–Kier alpha value is -2.13. The van der Waals surface area contributed by atoms with E-state index in [0.29, 0.717) is 22.0 Å². The van der Waals surface area contributed by atoms with Crippen molar-refractivity contribution in [1.29, 1.82) is 0 Å². The van der Waals surface area contributed by atoms with E-state index in [-0.39, 0.29) is 24.4 Å². The third-order valence-corrected chi connectivity index (χ3v) is 5.88. The Labute approximate surface area is 169 Å². The summed E-state index contributed by atoms with van der Waals surface area (Å²) in [5.74, 6) is 0.165. The number of nitrogens with one attached hydrogen (secondary N) is 1. The molecule has 7 nitrogen and oxygen atoms in total. The summed E-state index contributed by atoms with van der Waals surface area (Å²) in [6, 6.07) is 5.36. The predicted octanol–water partition coefficient (Wildman–Crippen LogP) is 3.94. The van der Waals surface area contributed by atoms with Crippen molar-refractivity contribution in [2.75, 3.05) is 5.32 Å². The van der Waals surface area contributed by atoms with Gasteiger partial charge in [0.15, 0.2) is 0 Å². The smallest absolute Gasteiger partial charge is 0.261 e. The number of fused-ring (bicyclic) bond motifs is 1. The molecule has 0 saturated carbocycles. The Bertz CT molecular complexity index is 1010. The van der Waals surface area contributed by atoms with E-state index in [0.717, 1.165) is 22.3 Å². The average molecular weight is 450 g/mol. The topological polar surface area (TPSA) is 89.8 Å². The lowest BCUT2D eigenvalue weighted by atomic mass is 10.1. The van der Waals surface area contributed by atoms with Crippen LogP contribution in [0.25, 0.3) is 10.9 Å². The van der Waals surface area contributed by atoms with Gasteiger partial charge in [-0.05, 0) is 31.0 Å². The molecule has 0 spiro atoms. The van der Waals surface area contributed by atoms with Gasteiger partial charge in [0.05, 0.1) is 17.2 Å². The first kappa shape index (κ1) is 19.6. The number of hydrogen-bond acceptors (Lipinski definition) is 6. The molecular formula is C18H20BrN5O2S. The summed E-state index contributed by atoms with van der Waals surface area (Å²) in [4.78, 5) is 29.0. The zero-order chi connectivity index (χ0) is 19.4. The second-order valence-corrected chi connectivity index (χ2v) is 8.09. The van der Waals surface area contributed by atoms with Gasteiger partial charge in [0.25, 0.3) is 5.56 Å². The van der Waals surface area contributed by atoms with Gasteiger partial charge >= 0.3 is 0 Å². The maximum atomic E-state index is 12.5. The highest BCUT2D eigenvalue weighted by atomic mass is 79.9. The summed E-state index contributed by atoms with van der Waals surface area (Å²) in [5.41, 5.74) is 0.465. The minimum absolute atomic E-state index is 0.154. The molecule has 1 N–H and O–H groups in total. The van der Waals surface area contributed by atoms with Gasteiger partial charge in [-0.2, -0.15) is 0 Å². The van der Waals surface area contributed by atoms with Crippen LogP contribution in [0.4, 0.5) is 5.13 Å². The number of carbonyl (C=O) groups excluding carboxylic acids is 1. The second kappa shape index (κ2) is 8.71. The molecule has 142 valence electrons. The van der Waals surface area contributed by atoms with E-state index in [4.69, 9.17) is 0 Å². The maximum absolute atomic E-state index is 12.5. The van der Waals surface area contributed by atoms with Crippen molar-refractivity contribution in [3.63, 3.8) is 0 Å². The molecule has 9 heteroatoms. The number of anilines is 1. The average Bonchev–Trinajstić information content (AvgIpc) is 3.11. The molecule has 0 atom stereocenters. The van der Waals surface area contributed by atoms with Gasteiger partial charge in [0.1, 0.15) is 5.01 Å². The van der Waals surface area contributed by atoms with Crippen LogP contribution in [0.2, 0.25) is 0 Å². The van der Waals surface area contributed by atoms with Crippen molar-refractivity contribution in [2.24, 2.45) is 0 Å². The normalized spacial score (nSPS) is 11.3. The third-order valence-electron chi connectivity index (χ3n) is 4.39. The Morgan fingerprint density at radius 1 is 1.30 bits per heavy atom. The second-order valence-electron chi connectivity index (χ2n) is 6.16. The molecule has 0 bridgehead atoms. The van der Waals surface area contributed by atoms with Gasteiger partial charge in [0, 0.05) is 23.4 Å². The van der Waals surface area contributed by atoms with E-state index in [1.165, 1.54) is 22.2 Å². The molecule has 1 amide bonds. The minimum atomic E-state index is -0.205. The van der Waals surface area contributed by atoms with Crippen LogP contribution in [-0.4, -0.2) is 25.7 Å². The minimum Gasteiger partial charge on any atom is -0.300 e. The molecule has 0 aliphatic rings. The monoisotopic (exact) mass is 449 g/mol. The molecule has 3 rings (SSSR count). The fourth-order valence-corrected chi connectivity index (χ4v) is 4.17. The first-order valence-electron chi connectivity index (χ1n) is 8.79. The first-order valence-corrected chi connectivity index (χ1v) is 10.4. The molecule has 0 aliphatic heterocycles. The standard InChI is InChI=1S/C18H20BrN5O2S/c1-3-11(4-2)16-22-23-18(27-16)21-15(25)7-8-24-10-20-14-6-5-12(19)9-13(14)17(24)26/h5-6,9-11H,3-4,7-8H2,1-2H3,(H,21,23,25). The molecule has 0 fully saturated rings. The van der Waals surface area contributed by atoms with E-state index in [9.17, 15) is 9.59 Å². The Morgan fingerprint density at radius 3 is 2.81 bits per heavy atom. The Balaban J connectivity index is 1.65. The van der Waals surface area contributed by atoms with Crippen molar-refractivity contribution in [3.05, 3.63) is 44.4 Å². The Morgan fingerprint density at radius 2 is 2.07 bits per heavy atom. The van der Waals surface area contributed by atoms with E-state index >= 15 is 0 Å². The number of amides is 1. The number of aryl methyl sites for hydroxylation is 1. The van der Waals surface area contributed by atoms with Crippen LogP contribution in [0.1, 0.15) is 44.0 Å². The van der Waals surface area contributed by atoms with Gasteiger partial charge in [0.2, 0.25) is 11.0 Å². The van der Waals surface area contributed by atoms with Crippen LogP contribution >= 0.6 is 27.3 Å². The molecule has 2 heterocycles. The van der Waals surface area contributed by atoms with Crippen molar-refractivity contribution < 1.29 is 4.79 Å². The van der Waals surface area contributed by atoms with Crippen molar-refractivity contribution in [2.45, 2.75) is 45.6 Å². The van der Waals surface area contributed by atoms with E-state index < -0.39 is 0 Å². The maximum Gasteiger partial charge on any atom is 0.261 e. The number of rotatable bonds is 7. The van der Waals surface area contributed by atoms with Gasteiger partial charge in [-0.1, -0.05) is 41.1 Å². The van der Waals surface area contributed by atoms with Gasteiger partial charge < -0.3 is 5.32 Å². The van der Waals surface area contributed by atoms with Crippen LogP contribution in [0, 0.1) is 0 Å². The lowest BCUT2D eigenvalue weighted by Gasteiger charge is -2.07. The molecule has 3 aromatic rings. The molecule has 0 unspecified atom stereocenters. The zero-order valence-corrected chi connectivity index (χ0v) is 17.5. The summed E-state index contributed by atoms with van der Waals surface area (Å²) < 4.78 is 2.26. The van der Waals surface area contributed by atoms with Crippen LogP contribution in [-0.2, 0) is 11.3 Å². The summed E-state index contributed by atoms with van der Waals surface area (Å²) in [6.07, 6.45) is 3.61. The van der Waals surface area contributed by atoms with Gasteiger partial charge in [-0.3, -0.25) is 14.2 Å². The fourth-order valence-electron chi connectivity index (χ4n) is 2.78. The number of halogens is 1. The summed E-state index contributed by atoms with van der Waals surface area (Å²) in [6.45, 7) is 4.47. The molecule has 0 aliphatic carbocycles. The number of nitrogens with zero attached hydrogens (tertiary/aromatic N) is 4. The fraction of sp³-hybridized carbons (Fsp3) is 0.389. The SMILES string of the molecule is CCC(CC)c1nnc(NC(=O)CCn2cnc3ccc(Br)cc3c2=O)s1. The summed E-state index contributed by atoms with van der Waals surface area (Å²) in [5, 5.41) is 12.9. The molecule has 27 heavy (non-hydrogen) atoms. The molecule has 0 saturated heterocycles. The lowest BCUT2D eigenvalue weighted by molar-refractivity contribution is -0.116. The van der Waals surface area contributed by atoms with Crippen LogP contribution in [0.3, 0.4) is 0 Å². The molecule has 1 aromatic carbocycles. The Kier molecular flexibility index (Phi) is 6.33. The van der Waals surface area contributed by atoms with Gasteiger partial charge in [-0.15, -0.1) is 10.2 Å². The van der Waals surface area contributed by atoms with E-state index in [1.807, 2.05) is 6.07 Å². The van der Waals surface area contributed by atoms with Crippen LogP contribution in [0.15, 0.2) is 33.8 Å². The first-order chi connectivity index (χ1) is 13.0. The van der Waals surface area contributed by atoms with Gasteiger partial charge in [-0.25, -0.2) is 4.98 Å². The lowest BCUT2D eigenvalue weighted by Crippen LogP contribution is -2.23. The zero-order valence-electron chi connectivity index (χ0n) is 15.1. The number of benzene rings is 1. The largest absolute Gasteiger partial charge is 0.300 e. The number of hydrogen-bond donors (Lipinski definition) is 1. The number of aromatic nitrogens is 4. The predicted molar refractivity (Wildman–Crippen MR) is 110 cm³/mol. The number of carbonyl (C=O) groups is 1. The molecule has 2 aromatic heterocycles. The van der Waals surface area contributed by atoms with Crippen molar-refractivity contribution in [1.82, 2.24) is 19.7 Å². The summed E-state index contributed by atoms with van der Waals surface area (Å²) in [7, 11) is 0. The van der Waals surface area contributed by atoms with Crippen molar-refractivity contribution in [3.8, 4) is 0 Å². The third kappa shape index (κ3) is 4.59. The summed E-state index contributed by atoms with van der Waals surface area (Å²) >= 11 is 4.77.